The van der Waals surface area contributed by atoms with E-state index < -0.39 is 0 Å². The van der Waals surface area contributed by atoms with Crippen LogP contribution in [0.25, 0.3) is 0 Å². The van der Waals surface area contributed by atoms with E-state index in [2.05, 4.69) is 38.7 Å². The molecule has 198 valence electrons. The molecule has 0 fully saturated rings. The van der Waals surface area contributed by atoms with Gasteiger partial charge in [-0.3, -0.25) is 4.79 Å². The summed E-state index contributed by atoms with van der Waals surface area (Å²) >= 11 is 3.66. The van der Waals surface area contributed by atoms with Crippen LogP contribution in [0, 0.1) is 0 Å². The maximum absolute atomic E-state index is 13.9. The van der Waals surface area contributed by atoms with Gasteiger partial charge in [0.2, 0.25) is 0 Å². The number of benzene rings is 3. The van der Waals surface area contributed by atoms with Crippen molar-refractivity contribution < 1.29 is 19.0 Å². The molecule has 1 aliphatic carbocycles. The first-order chi connectivity index (χ1) is 18.4. The van der Waals surface area contributed by atoms with Crippen LogP contribution < -0.4 is 24.8 Å². The summed E-state index contributed by atoms with van der Waals surface area (Å²) in [4.78, 5) is 13.9. The number of para-hydroxylation sites is 2. The summed E-state index contributed by atoms with van der Waals surface area (Å²) in [5.74, 6) is 2.32. The number of hydrogen-bond acceptors (Lipinski definition) is 6. The SMILES string of the molecule is CCOc1c(Br)cc(C2Nc3ccccc3NC3=C2C(=O)CC(c2ccc(OC(C)C)cc2)C3)cc1OC. The highest BCUT2D eigenvalue weighted by atomic mass is 79.9. The Labute approximate surface area is 232 Å². The lowest BCUT2D eigenvalue weighted by Gasteiger charge is -2.30. The molecule has 0 aromatic heterocycles. The molecule has 0 amide bonds. The molecule has 0 radical (unpaired) electrons. The summed E-state index contributed by atoms with van der Waals surface area (Å²) in [6, 6.07) is 19.8. The average molecular weight is 578 g/mol. The van der Waals surface area contributed by atoms with E-state index in [0.717, 1.165) is 50.4 Å². The highest BCUT2D eigenvalue weighted by Crippen LogP contribution is 2.46. The summed E-state index contributed by atoms with van der Waals surface area (Å²) in [7, 11) is 1.63. The number of fused-ring (bicyclic) bond motifs is 1. The Bertz CT molecular complexity index is 1370. The van der Waals surface area contributed by atoms with Crippen molar-refractivity contribution in [3.8, 4) is 17.2 Å². The molecule has 1 heterocycles. The number of Topliss-reactive ketones (excluding diaryl/α,β-unsaturated/α-hetero) is 1. The smallest absolute Gasteiger partial charge is 0.175 e. The van der Waals surface area contributed by atoms with Crippen molar-refractivity contribution in [2.75, 3.05) is 24.4 Å². The van der Waals surface area contributed by atoms with Crippen molar-refractivity contribution in [1.82, 2.24) is 0 Å². The second kappa shape index (κ2) is 11.1. The van der Waals surface area contributed by atoms with Crippen LogP contribution in [0.1, 0.15) is 56.7 Å². The first-order valence-corrected chi connectivity index (χ1v) is 13.8. The number of rotatable bonds is 7. The van der Waals surface area contributed by atoms with Crippen molar-refractivity contribution in [2.45, 2.75) is 51.7 Å². The molecule has 0 saturated heterocycles. The molecule has 2 unspecified atom stereocenters. The maximum atomic E-state index is 13.9. The number of hydrogen-bond donors (Lipinski definition) is 2. The number of ketones is 1. The molecular formula is C31H33BrN2O4. The van der Waals surface area contributed by atoms with E-state index in [1.165, 1.54) is 0 Å². The van der Waals surface area contributed by atoms with Crippen LogP contribution in [0.15, 0.2) is 76.4 Å². The Balaban J connectivity index is 1.56. The lowest BCUT2D eigenvalue weighted by molar-refractivity contribution is -0.116. The third kappa shape index (κ3) is 5.25. The molecule has 6 nitrogen and oxygen atoms in total. The Kier molecular flexibility index (Phi) is 7.65. The lowest BCUT2D eigenvalue weighted by atomic mass is 9.78. The van der Waals surface area contributed by atoms with Crippen molar-refractivity contribution in [3.05, 3.63) is 87.5 Å². The molecule has 0 saturated carbocycles. The van der Waals surface area contributed by atoms with Crippen LogP contribution in [0.5, 0.6) is 17.2 Å². The van der Waals surface area contributed by atoms with Crippen LogP contribution in [0.2, 0.25) is 0 Å². The number of anilines is 2. The number of allylic oxidation sites excluding steroid dienone is 1. The molecule has 0 bridgehead atoms. The number of nitrogens with one attached hydrogen (secondary N) is 2. The van der Waals surface area contributed by atoms with Gasteiger partial charge < -0.3 is 24.8 Å². The van der Waals surface area contributed by atoms with Gasteiger partial charge >= 0.3 is 0 Å². The summed E-state index contributed by atoms with van der Waals surface area (Å²) in [6.07, 6.45) is 1.29. The van der Waals surface area contributed by atoms with Gasteiger partial charge in [-0.15, -0.1) is 0 Å². The van der Waals surface area contributed by atoms with Crippen LogP contribution in [-0.4, -0.2) is 25.6 Å². The van der Waals surface area contributed by atoms with Crippen LogP contribution in [0.3, 0.4) is 0 Å². The standard InChI is InChI=1S/C31H33BrN2O4/c1-5-37-31-23(32)14-21(17-28(31)36-4)30-29-26(33-24-8-6-7-9-25(24)34-30)15-20(16-27(29)35)19-10-12-22(13-11-19)38-18(2)3/h6-14,17-18,20,30,33-34H,5,15-16H2,1-4H3. The molecule has 5 rings (SSSR count). The minimum absolute atomic E-state index is 0.0781. The summed E-state index contributed by atoms with van der Waals surface area (Å²) in [6.45, 7) is 6.49. The highest BCUT2D eigenvalue weighted by Gasteiger charge is 2.36. The number of halogens is 1. The fourth-order valence-corrected chi connectivity index (χ4v) is 5.83. The van der Waals surface area contributed by atoms with Crippen molar-refractivity contribution in [3.63, 3.8) is 0 Å². The molecule has 0 spiro atoms. The van der Waals surface area contributed by atoms with Gasteiger partial charge in [-0.1, -0.05) is 24.3 Å². The maximum Gasteiger partial charge on any atom is 0.175 e. The van der Waals surface area contributed by atoms with Gasteiger partial charge in [0.25, 0.3) is 0 Å². The first kappa shape index (κ1) is 26.2. The fourth-order valence-electron chi connectivity index (χ4n) is 5.26. The van der Waals surface area contributed by atoms with Crippen LogP contribution in [-0.2, 0) is 4.79 Å². The number of carbonyl (C=O) groups excluding carboxylic acids is 1. The molecule has 38 heavy (non-hydrogen) atoms. The second-order valence-corrected chi connectivity index (χ2v) is 10.7. The molecule has 7 heteroatoms. The quantitative estimate of drug-likeness (QED) is 0.301. The van der Waals surface area contributed by atoms with E-state index in [0.29, 0.717) is 24.5 Å². The number of carbonyl (C=O) groups is 1. The number of ether oxygens (including phenoxy) is 3. The van der Waals surface area contributed by atoms with Crippen LogP contribution in [0.4, 0.5) is 11.4 Å². The summed E-state index contributed by atoms with van der Waals surface area (Å²) in [5, 5.41) is 7.25. The van der Waals surface area contributed by atoms with E-state index >= 15 is 0 Å². The monoisotopic (exact) mass is 576 g/mol. The largest absolute Gasteiger partial charge is 0.493 e. The van der Waals surface area contributed by atoms with Crippen molar-refractivity contribution in [1.29, 1.82) is 0 Å². The predicted molar refractivity (Wildman–Crippen MR) is 155 cm³/mol. The zero-order chi connectivity index (χ0) is 26.8. The molecular weight excluding hydrogens is 544 g/mol. The third-order valence-electron chi connectivity index (χ3n) is 6.91. The molecule has 1 aliphatic heterocycles. The predicted octanol–water partition coefficient (Wildman–Crippen LogP) is 7.62. The molecule has 3 aromatic rings. The Morgan fingerprint density at radius 3 is 2.42 bits per heavy atom. The lowest BCUT2D eigenvalue weighted by Crippen LogP contribution is -2.27. The molecule has 2 atom stereocenters. The Morgan fingerprint density at radius 2 is 1.74 bits per heavy atom. The zero-order valence-electron chi connectivity index (χ0n) is 22.1. The minimum atomic E-state index is -0.350. The van der Waals surface area contributed by atoms with Gasteiger partial charge in [-0.05, 0) is 96.6 Å². The Hall–Kier alpha value is -3.45. The second-order valence-electron chi connectivity index (χ2n) is 9.87. The molecule has 3 aromatic carbocycles. The van der Waals surface area contributed by atoms with Gasteiger partial charge in [0, 0.05) is 17.7 Å². The average Bonchev–Trinajstić information content (AvgIpc) is 3.07. The van der Waals surface area contributed by atoms with Crippen molar-refractivity contribution in [2.24, 2.45) is 0 Å². The van der Waals surface area contributed by atoms with Gasteiger partial charge in [0.1, 0.15) is 5.75 Å². The van der Waals surface area contributed by atoms with E-state index in [9.17, 15) is 4.79 Å². The van der Waals surface area contributed by atoms with Crippen LogP contribution >= 0.6 is 15.9 Å². The minimum Gasteiger partial charge on any atom is -0.493 e. The molecule has 2 N–H and O–H groups in total. The van der Waals surface area contributed by atoms with E-state index in [1.807, 2.05) is 69.3 Å². The topological polar surface area (TPSA) is 68.8 Å². The zero-order valence-corrected chi connectivity index (χ0v) is 23.7. The van der Waals surface area contributed by atoms with Gasteiger partial charge in [-0.25, -0.2) is 0 Å². The van der Waals surface area contributed by atoms with Gasteiger partial charge in [0.15, 0.2) is 17.3 Å². The fraction of sp³-hybridized carbons (Fsp3) is 0.323. The van der Waals surface area contributed by atoms with E-state index in [1.54, 1.807) is 7.11 Å². The summed E-state index contributed by atoms with van der Waals surface area (Å²) in [5.41, 5.74) is 5.65. The third-order valence-corrected chi connectivity index (χ3v) is 7.50. The summed E-state index contributed by atoms with van der Waals surface area (Å²) < 4.78 is 18.1. The highest BCUT2D eigenvalue weighted by molar-refractivity contribution is 9.10. The van der Waals surface area contributed by atoms with Crippen molar-refractivity contribution >= 4 is 33.1 Å². The van der Waals surface area contributed by atoms with Gasteiger partial charge in [-0.2, -0.15) is 0 Å². The van der Waals surface area contributed by atoms with E-state index in [-0.39, 0.29) is 23.8 Å². The normalized spacial score (nSPS) is 18.6. The number of methoxy groups -OCH3 is 1. The molecule has 2 aliphatic rings. The Morgan fingerprint density at radius 1 is 1.00 bits per heavy atom. The first-order valence-electron chi connectivity index (χ1n) is 13.0. The van der Waals surface area contributed by atoms with Gasteiger partial charge in [0.05, 0.1) is 41.7 Å². The van der Waals surface area contributed by atoms with E-state index in [4.69, 9.17) is 14.2 Å².